The molecule has 2 amide bonds. The molecule has 1 N–H and O–H groups in total. The van der Waals surface area contributed by atoms with Gasteiger partial charge in [-0.25, -0.2) is 0 Å². The van der Waals surface area contributed by atoms with Crippen LogP contribution in [0.15, 0.2) is 24.3 Å². The Bertz CT molecular complexity index is 915. The number of rotatable bonds is 9. The lowest BCUT2D eigenvalue weighted by atomic mass is 9.81. The number of amides is 2. The zero-order valence-electron chi connectivity index (χ0n) is 22.0. The molecule has 2 aliphatic heterocycles. The maximum Gasteiger partial charge on any atom is 0.245 e. The van der Waals surface area contributed by atoms with Crippen LogP contribution < -0.4 is 10.1 Å². The van der Waals surface area contributed by atoms with Crippen LogP contribution in [0.2, 0.25) is 0 Å². The summed E-state index contributed by atoms with van der Waals surface area (Å²) in [5.41, 5.74) is 0.544. The van der Waals surface area contributed by atoms with Crippen molar-refractivity contribution in [2.45, 2.75) is 72.4 Å². The van der Waals surface area contributed by atoms with Crippen molar-refractivity contribution in [2.24, 2.45) is 17.3 Å². The summed E-state index contributed by atoms with van der Waals surface area (Å²) in [6.45, 7) is 13.9. The quantitative estimate of drug-likeness (QED) is 0.578. The van der Waals surface area contributed by atoms with Crippen molar-refractivity contribution in [3.63, 3.8) is 0 Å². The van der Waals surface area contributed by atoms with Gasteiger partial charge in [0.15, 0.2) is 0 Å². The van der Waals surface area contributed by atoms with Crippen LogP contribution in [0.5, 0.6) is 5.75 Å². The number of carbonyl (C=O) groups is 2. The monoisotopic (exact) mass is 482 g/mol. The average Bonchev–Trinajstić information content (AvgIpc) is 2.83. The van der Waals surface area contributed by atoms with Gasteiger partial charge < -0.3 is 19.9 Å². The minimum absolute atomic E-state index is 0.0415. The van der Waals surface area contributed by atoms with Gasteiger partial charge in [0.05, 0.1) is 24.3 Å². The standard InChI is InChI=1S/C28H42N4O3/c1-20(2)15-24-26(33)32(14-11-30-24)25(16-21(3)4)27(34)31-12-9-28(5,10-13-31)19-35-23-8-6-7-22(17-23)18-29/h6-8,17,20-21,24-25,30H,9-16,19H2,1-5H3/t24-,25-/m0/s1. The van der Waals surface area contributed by atoms with Crippen LogP contribution in [-0.2, 0) is 9.59 Å². The van der Waals surface area contributed by atoms with Gasteiger partial charge >= 0.3 is 0 Å². The highest BCUT2D eigenvalue weighted by atomic mass is 16.5. The van der Waals surface area contributed by atoms with Crippen LogP contribution in [0.1, 0.15) is 65.9 Å². The number of nitriles is 1. The molecule has 0 radical (unpaired) electrons. The number of nitrogens with zero attached hydrogens (tertiary/aromatic N) is 3. The molecule has 3 rings (SSSR count). The Morgan fingerprint density at radius 3 is 2.54 bits per heavy atom. The van der Waals surface area contributed by atoms with Crippen LogP contribution in [0.25, 0.3) is 0 Å². The summed E-state index contributed by atoms with van der Waals surface area (Å²) in [5, 5.41) is 12.5. The predicted octanol–water partition coefficient (Wildman–Crippen LogP) is 3.83. The van der Waals surface area contributed by atoms with Gasteiger partial charge in [-0.05, 0) is 55.7 Å². The summed E-state index contributed by atoms with van der Waals surface area (Å²) in [4.78, 5) is 30.8. The third-order valence-electron chi connectivity index (χ3n) is 7.22. The predicted molar refractivity (Wildman–Crippen MR) is 137 cm³/mol. The lowest BCUT2D eigenvalue weighted by Gasteiger charge is -2.44. The molecule has 0 aromatic heterocycles. The van der Waals surface area contributed by atoms with Crippen LogP contribution in [0.3, 0.4) is 0 Å². The van der Waals surface area contributed by atoms with Crippen LogP contribution in [0, 0.1) is 28.6 Å². The number of piperidine rings is 1. The number of piperazine rings is 1. The molecule has 192 valence electrons. The minimum atomic E-state index is -0.395. The van der Waals surface area contributed by atoms with Crippen molar-refractivity contribution in [1.82, 2.24) is 15.1 Å². The molecule has 7 heteroatoms. The lowest BCUT2D eigenvalue weighted by molar-refractivity contribution is -0.151. The highest BCUT2D eigenvalue weighted by Crippen LogP contribution is 2.33. The van der Waals surface area contributed by atoms with E-state index in [1.165, 1.54) is 0 Å². The fraction of sp³-hybridized carbons (Fsp3) is 0.679. The topological polar surface area (TPSA) is 85.7 Å². The third kappa shape index (κ3) is 7.20. The molecule has 0 spiro atoms. The number of hydrogen-bond donors (Lipinski definition) is 1. The maximum atomic E-state index is 13.7. The number of ether oxygens (including phenoxy) is 1. The first kappa shape index (κ1) is 27.0. The Kier molecular flexibility index (Phi) is 9.18. The molecular weight excluding hydrogens is 440 g/mol. The minimum Gasteiger partial charge on any atom is -0.493 e. The highest BCUT2D eigenvalue weighted by Gasteiger charge is 2.40. The van der Waals surface area contributed by atoms with E-state index in [2.05, 4.69) is 46.0 Å². The molecule has 2 atom stereocenters. The highest BCUT2D eigenvalue weighted by molar-refractivity contribution is 5.90. The SMILES string of the molecule is CC(C)C[C@@H]1NCCN([C@@H](CC(C)C)C(=O)N2CCC(C)(COc3cccc(C#N)c3)CC2)C1=O. The Labute approximate surface area is 210 Å². The molecule has 2 aliphatic rings. The van der Waals surface area contributed by atoms with Crippen molar-refractivity contribution in [3.8, 4) is 11.8 Å². The zero-order valence-corrected chi connectivity index (χ0v) is 22.0. The molecule has 1 aromatic carbocycles. The zero-order chi connectivity index (χ0) is 25.6. The molecule has 2 saturated heterocycles. The van der Waals surface area contributed by atoms with E-state index in [1.54, 1.807) is 12.1 Å². The first-order chi connectivity index (χ1) is 16.6. The summed E-state index contributed by atoms with van der Waals surface area (Å²) in [6.07, 6.45) is 3.16. The molecule has 2 fully saturated rings. The lowest BCUT2D eigenvalue weighted by Crippen LogP contribution is -2.62. The Hall–Kier alpha value is -2.59. The van der Waals surface area contributed by atoms with Crippen molar-refractivity contribution < 1.29 is 14.3 Å². The van der Waals surface area contributed by atoms with Gasteiger partial charge in [0.25, 0.3) is 0 Å². The number of nitrogens with one attached hydrogen (secondary N) is 1. The van der Waals surface area contributed by atoms with E-state index in [4.69, 9.17) is 10.00 Å². The van der Waals surface area contributed by atoms with E-state index in [-0.39, 0.29) is 23.3 Å². The second-order valence-corrected chi connectivity index (χ2v) is 11.4. The van der Waals surface area contributed by atoms with Gasteiger partial charge in [-0.15, -0.1) is 0 Å². The van der Waals surface area contributed by atoms with Gasteiger partial charge in [-0.1, -0.05) is 40.7 Å². The van der Waals surface area contributed by atoms with Crippen LogP contribution in [0.4, 0.5) is 0 Å². The van der Waals surface area contributed by atoms with Crippen molar-refractivity contribution >= 4 is 11.8 Å². The smallest absolute Gasteiger partial charge is 0.245 e. The molecule has 2 heterocycles. The van der Waals surface area contributed by atoms with Crippen LogP contribution >= 0.6 is 0 Å². The molecule has 1 aromatic rings. The molecule has 0 saturated carbocycles. The summed E-state index contributed by atoms with van der Waals surface area (Å²) in [6, 6.07) is 8.77. The normalized spacial score (nSPS) is 21.2. The number of benzene rings is 1. The second-order valence-electron chi connectivity index (χ2n) is 11.4. The van der Waals surface area contributed by atoms with E-state index < -0.39 is 6.04 Å². The summed E-state index contributed by atoms with van der Waals surface area (Å²) < 4.78 is 6.03. The van der Waals surface area contributed by atoms with Gasteiger partial charge in [-0.3, -0.25) is 9.59 Å². The van der Waals surface area contributed by atoms with E-state index in [9.17, 15) is 9.59 Å². The number of carbonyl (C=O) groups excluding carboxylic acids is 2. The van der Waals surface area contributed by atoms with E-state index >= 15 is 0 Å². The largest absolute Gasteiger partial charge is 0.493 e. The van der Waals surface area contributed by atoms with E-state index in [0.29, 0.717) is 55.8 Å². The Balaban J connectivity index is 1.62. The second kappa shape index (κ2) is 11.9. The maximum absolute atomic E-state index is 13.7. The number of hydrogen-bond acceptors (Lipinski definition) is 5. The summed E-state index contributed by atoms with van der Waals surface area (Å²) in [5.74, 6) is 1.59. The molecule has 0 bridgehead atoms. The molecular formula is C28H42N4O3. The molecule has 35 heavy (non-hydrogen) atoms. The fourth-order valence-corrected chi connectivity index (χ4v) is 5.06. The van der Waals surface area contributed by atoms with Crippen molar-refractivity contribution in [3.05, 3.63) is 29.8 Å². The number of likely N-dealkylation sites (tertiary alicyclic amines) is 1. The van der Waals surface area contributed by atoms with Gasteiger partial charge in [-0.2, -0.15) is 5.26 Å². The van der Waals surface area contributed by atoms with Gasteiger partial charge in [0.1, 0.15) is 11.8 Å². The first-order valence-electron chi connectivity index (χ1n) is 13.1. The van der Waals surface area contributed by atoms with Crippen molar-refractivity contribution in [2.75, 3.05) is 32.8 Å². The van der Waals surface area contributed by atoms with Crippen LogP contribution in [-0.4, -0.2) is 66.5 Å². The molecule has 0 aliphatic carbocycles. The van der Waals surface area contributed by atoms with E-state index in [1.807, 2.05) is 21.9 Å². The summed E-state index contributed by atoms with van der Waals surface area (Å²) >= 11 is 0. The van der Waals surface area contributed by atoms with E-state index in [0.717, 1.165) is 25.8 Å². The average molecular weight is 483 g/mol. The molecule has 7 nitrogen and oxygen atoms in total. The third-order valence-corrected chi connectivity index (χ3v) is 7.22. The van der Waals surface area contributed by atoms with Gasteiger partial charge in [0, 0.05) is 31.6 Å². The Morgan fingerprint density at radius 1 is 1.20 bits per heavy atom. The first-order valence-corrected chi connectivity index (χ1v) is 13.1. The van der Waals surface area contributed by atoms with Gasteiger partial charge in [0.2, 0.25) is 11.8 Å². The summed E-state index contributed by atoms with van der Waals surface area (Å²) in [7, 11) is 0. The fourth-order valence-electron chi connectivity index (χ4n) is 5.06. The Morgan fingerprint density at radius 2 is 1.91 bits per heavy atom. The van der Waals surface area contributed by atoms with Crippen molar-refractivity contribution in [1.29, 1.82) is 5.26 Å². The molecule has 0 unspecified atom stereocenters.